The quantitative estimate of drug-likeness (QED) is 0.324. The fraction of sp³-hybridized carbons (Fsp3) is 0.321. The Kier molecular flexibility index (Phi) is 7.99. The van der Waals surface area contributed by atoms with Gasteiger partial charge in [0.2, 0.25) is 5.91 Å². The summed E-state index contributed by atoms with van der Waals surface area (Å²) in [5.41, 5.74) is 3.14. The van der Waals surface area contributed by atoms with E-state index >= 15 is 0 Å². The average Bonchev–Trinajstić information content (AvgIpc) is 3.58. The van der Waals surface area contributed by atoms with Crippen molar-refractivity contribution in [2.45, 2.75) is 33.1 Å². The number of carbonyl (C=O) groups excluding carboxylic acids is 3. The molecule has 202 valence electrons. The molecule has 1 N–H and O–H groups in total. The number of nitrogens with zero attached hydrogens (tertiary/aromatic N) is 4. The Morgan fingerprint density at radius 2 is 2.08 bits per heavy atom. The number of anilines is 2. The number of amides is 2. The smallest absolute Gasteiger partial charge is 0.341 e. The van der Waals surface area contributed by atoms with Crippen molar-refractivity contribution in [1.82, 2.24) is 9.78 Å². The van der Waals surface area contributed by atoms with Crippen molar-refractivity contribution in [3.05, 3.63) is 70.0 Å². The van der Waals surface area contributed by atoms with E-state index in [-0.39, 0.29) is 29.9 Å². The molecule has 0 saturated heterocycles. The number of aryl methyl sites for hydroxylation is 1. The van der Waals surface area contributed by atoms with Crippen LogP contribution >= 0.6 is 23.1 Å². The van der Waals surface area contributed by atoms with Gasteiger partial charge in [0.15, 0.2) is 5.17 Å². The number of thioether (sulfide) groups is 1. The Bertz CT molecular complexity index is 1470. The van der Waals surface area contributed by atoms with E-state index in [2.05, 4.69) is 22.3 Å². The van der Waals surface area contributed by atoms with Gasteiger partial charge in [-0.3, -0.25) is 19.2 Å². The predicted octanol–water partition coefficient (Wildman–Crippen LogP) is 4.90. The maximum Gasteiger partial charge on any atom is 0.341 e. The molecule has 0 spiro atoms. The molecular formula is C28H29N5O4S2. The number of fused-ring (bicyclic) bond motifs is 1. The summed E-state index contributed by atoms with van der Waals surface area (Å²) in [5, 5.41) is 8.02. The van der Waals surface area contributed by atoms with Crippen LogP contribution in [-0.2, 0) is 34.2 Å². The Morgan fingerprint density at radius 3 is 2.79 bits per heavy atom. The molecule has 3 aromatic rings. The van der Waals surface area contributed by atoms with Crippen LogP contribution in [-0.4, -0.2) is 45.1 Å². The molecule has 39 heavy (non-hydrogen) atoms. The lowest BCUT2D eigenvalue weighted by atomic mass is 9.88. The van der Waals surface area contributed by atoms with Crippen LogP contribution in [0.25, 0.3) is 6.08 Å². The van der Waals surface area contributed by atoms with E-state index < -0.39 is 5.97 Å². The molecule has 1 aromatic carbocycles. The van der Waals surface area contributed by atoms with Crippen molar-refractivity contribution in [3.63, 3.8) is 0 Å². The van der Waals surface area contributed by atoms with E-state index in [0.29, 0.717) is 27.3 Å². The van der Waals surface area contributed by atoms with E-state index in [9.17, 15) is 14.4 Å². The molecule has 1 aliphatic carbocycles. The van der Waals surface area contributed by atoms with Gasteiger partial charge in [-0.2, -0.15) is 5.10 Å². The highest BCUT2D eigenvalue weighted by molar-refractivity contribution is 8.14. The minimum atomic E-state index is -0.404. The standard InChI is InChI=1S/C28H29N5O4S2/c1-4-37-27(36)24-20-11-10-17(2)12-22(20)39-25(24)31-23(34)16-38-28-30-21(13-18-14-29-32(3)15-18)26(35)33(28)19-8-6-5-7-9-19/h5-9,13-15,17H,4,10-12,16H2,1-3H3,(H,31,34). The third kappa shape index (κ3) is 5.84. The minimum Gasteiger partial charge on any atom is -0.462 e. The third-order valence-electron chi connectivity index (χ3n) is 6.45. The number of aromatic nitrogens is 2. The molecule has 0 saturated carbocycles. The van der Waals surface area contributed by atoms with Crippen molar-refractivity contribution in [2.24, 2.45) is 18.0 Å². The fourth-order valence-electron chi connectivity index (χ4n) is 4.62. The number of benzene rings is 1. The van der Waals surface area contributed by atoms with Crippen molar-refractivity contribution in [2.75, 3.05) is 22.6 Å². The summed E-state index contributed by atoms with van der Waals surface area (Å²) in [5.74, 6) is -0.431. The van der Waals surface area contributed by atoms with E-state index in [4.69, 9.17) is 4.74 Å². The largest absolute Gasteiger partial charge is 0.462 e. The normalized spacial score (nSPS) is 17.8. The Hall–Kier alpha value is -3.70. The Morgan fingerprint density at radius 1 is 1.28 bits per heavy atom. The molecule has 2 aliphatic rings. The summed E-state index contributed by atoms with van der Waals surface area (Å²) in [7, 11) is 1.80. The summed E-state index contributed by atoms with van der Waals surface area (Å²) in [6.45, 7) is 4.23. The van der Waals surface area contributed by atoms with E-state index in [1.807, 2.05) is 30.3 Å². The first-order valence-corrected chi connectivity index (χ1v) is 14.6. The topological polar surface area (TPSA) is 106 Å². The number of amidine groups is 1. The molecular weight excluding hydrogens is 534 g/mol. The first-order valence-electron chi connectivity index (χ1n) is 12.8. The lowest BCUT2D eigenvalue weighted by Crippen LogP contribution is -2.31. The van der Waals surface area contributed by atoms with Crippen LogP contribution in [0, 0.1) is 5.92 Å². The van der Waals surface area contributed by atoms with Gasteiger partial charge in [-0.25, -0.2) is 9.79 Å². The number of esters is 1. The number of hydrogen-bond donors (Lipinski definition) is 1. The molecule has 0 fully saturated rings. The van der Waals surface area contributed by atoms with Crippen LogP contribution in [0.4, 0.5) is 10.7 Å². The van der Waals surface area contributed by atoms with Gasteiger partial charge in [-0.05, 0) is 55.9 Å². The van der Waals surface area contributed by atoms with Crippen LogP contribution in [0.15, 0.2) is 53.4 Å². The highest BCUT2D eigenvalue weighted by Gasteiger charge is 2.33. The lowest BCUT2D eigenvalue weighted by molar-refractivity contribution is -0.114. The zero-order valence-electron chi connectivity index (χ0n) is 22.0. The van der Waals surface area contributed by atoms with Gasteiger partial charge in [0.25, 0.3) is 5.91 Å². The molecule has 1 unspecified atom stereocenters. The summed E-state index contributed by atoms with van der Waals surface area (Å²) < 4.78 is 6.97. The number of ether oxygens (including phenoxy) is 1. The van der Waals surface area contributed by atoms with Crippen molar-refractivity contribution in [3.8, 4) is 0 Å². The molecule has 0 radical (unpaired) electrons. The number of thiophene rings is 1. The summed E-state index contributed by atoms with van der Waals surface area (Å²) in [6.07, 6.45) is 7.81. The first kappa shape index (κ1) is 26.9. The van der Waals surface area contributed by atoms with Gasteiger partial charge in [0.05, 0.1) is 29.8 Å². The van der Waals surface area contributed by atoms with Crippen molar-refractivity contribution < 1.29 is 19.1 Å². The van der Waals surface area contributed by atoms with Crippen LogP contribution in [0.3, 0.4) is 0 Å². The van der Waals surface area contributed by atoms with E-state index in [0.717, 1.165) is 35.3 Å². The number of nitrogens with one attached hydrogen (secondary N) is 1. The van der Waals surface area contributed by atoms with Gasteiger partial charge < -0.3 is 10.1 Å². The molecule has 9 nitrogen and oxygen atoms in total. The van der Waals surface area contributed by atoms with Gasteiger partial charge in [0, 0.05) is 23.7 Å². The second kappa shape index (κ2) is 11.6. The highest BCUT2D eigenvalue weighted by atomic mass is 32.2. The molecule has 5 rings (SSSR count). The van der Waals surface area contributed by atoms with E-state index in [1.54, 1.807) is 37.1 Å². The van der Waals surface area contributed by atoms with Crippen molar-refractivity contribution >= 4 is 62.8 Å². The molecule has 1 aliphatic heterocycles. The summed E-state index contributed by atoms with van der Waals surface area (Å²) >= 11 is 2.62. The predicted molar refractivity (Wildman–Crippen MR) is 155 cm³/mol. The van der Waals surface area contributed by atoms with Gasteiger partial charge >= 0.3 is 5.97 Å². The van der Waals surface area contributed by atoms with Gasteiger partial charge in [-0.15, -0.1) is 11.3 Å². The molecule has 0 bridgehead atoms. The van der Waals surface area contributed by atoms with Gasteiger partial charge in [-0.1, -0.05) is 36.9 Å². The second-order valence-corrected chi connectivity index (χ2v) is 11.5. The molecule has 2 amide bonds. The molecule has 2 aromatic heterocycles. The number of carbonyl (C=O) groups is 3. The Balaban J connectivity index is 1.36. The van der Waals surface area contributed by atoms with Crippen LogP contribution in [0.5, 0.6) is 0 Å². The average molecular weight is 564 g/mol. The minimum absolute atomic E-state index is 0.0108. The van der Waals surface area contributed by atoms with Crippen LogP contribution < -0.4 is 10.2 Å². The highest BCUT2D eigenvalue weighted by Crippen LogP contribution is 2.40. The molecule has 3 heterocycles. The number of aliphatic imine (C=N–C) groups is 1. The zero-order chi connectivity index (χ0) is 27.5. The van der Waals surface area contributed by atoms with E-state index in [1.165, 1.54) is 28.0 Å². The third-order valence-corrected chi connectivity index (χ3v) is 8.56. The number of hydrogen-bond acceptors (Lipinski definition) is 8. The first-order chi connectivity index (χ1) is 18.8. The maximum atomic E-state index is 13.3. The maximum absolute atomic E-state index is 13.3. The monoisotopic (exact) mass is 563 g/mol. The zero-order valence-corrected chi connectivity index (χ0v) is 23.6. The second-order valence-electron chi connectivity index (χ2n) is 9.46. The summed E-state index contributed by atoms with van der Waals surface area (Å²) in [6, 6.07) is 9.21. The van der Waals surface area contributed by atoms with Crippen molar-refractivity contribution in [1.29, 1.82) is 0 Å². The fourth-order valence-corrected chi connectivity index (χ4v) is 6.85. The number of rotatable bonds is 7. The molecule has 1 atom stereocenters. The Labute approximate surface area is 234 Å². The SMILES string of the molecule is CCOC(=O)c1c(NC(=O)CSC2=NC(=Cc3cnn(C)c3)C(=O)N2c2ccccc2)sc2c1CCC(C)C2. The van der Waals surface area contributed by atoms with Crippen LogP contribution in [0.1, 0.15) is 46.6 Å². The summed E-state index contributed by atoms with van der Waals surface area (Å²) in [4.78, 5) is 46.5. The number of para-hydroxylation sites is 1. The van der Waals surface area contributed by atoms with Crippen LogP contribution in [0.2, 0.25) is 0 Å². The van der Waals surface area contributed by atoms with Gasteiger partial charge in [0.1, 0.15) is 10.7 Å². The molecule has 11 heteroatoms. The lowest BCUT2D eigenvalue weighted by Gasteiger charge is -2.18.